The number of fused-ring (bicyclic) bond motifs is 1. The van der Waals surface area contributed by atoms with Crippen LogP contribution in [0.1, 0.15) is 6.23 Å². The van der Waals surface area contributed by atoms with Crippen LogP contribution in [0.15, 0.2) is 6.33 Å². The molecule has 4 atom stereocenters. The van der Waals surface area contributed by atoms with E-state index in [1.165, 1.54) is 10.9 Å². The summed E-state index contributed by atoms with van der Waals surface area (Å²) in [4.78, 5) is 12.2. The van der Waals surface area contributed by atoms with Crippen LogP contribution in [-0.2, 0) is 4.74 Å². The zero-order valence-corrected chi connectivity index (χ0v) is 11.7. The van der Waals surface area contributed by atoms with Gasteiger partial charge in [0.15, 0.2) is 23.2 Å². The summed E-state index contributed by atoms with van der Waals surface area (Å²) in [7, 11) is 1.63. The average Bonchev–Trinajstić information content (AvgIpc) is 3.00. The minimum Gasteiger partial charge on any atom is -0.394 e. The molecule has 3 heterocycles. The Kier molecular flexibility index (Phi) is 3.80. The molecule has 0 saturated carbocycles. The molecule has 2 aromatic rings. The van der Waals surface area contributed by atoms with Crippen molar-refractivity contribution in [3.8, 4) is 0 Å². The van der Waals surface area contributed by atoms with Gasteiger partial charge in [0.2, 0.25) is 5.95 Å². The van der Waals surface area contributed by atoms with Crippen LogP contribution in [0.5, 0.6) is 0 Å². The average molecular weight is 311 g/mol. The number of hydrogen-bond acceptors (Lipinski definition) is 10. The van der Waals surface area contributed by atoms with Gasteiger partial charge in [-0.2, -0.15) is 0 Å². The summed E-state index contributed by atoms with van der Waals surface area (Å²) in [5.74, 6) is 0.453. The van der Waals surface area contributed by atoms with Gasteiger partial charge in [-0.15, -0.1) is 0 Å². The van der Waals surface area contributed by atoms with E-state index >= 15 is 0 Å². The number of aromatic nitrogens is 4. The Morgan fingerprint density at radius 2 is 2.14 bits per heavy atom. The molecule has 4 unspecified atom stereocenters. The lowest BCUT2D eigenvalue weighted by atomic mass is 10.1. The van der Waals surface area contributed by atoms with Gasteiger partial charge in [-0.25, -0.2) is 20.4 Å². The third-order valence-electron chi connectivity index (χ3n) is 3.51. The first-order chi connectivity index (χ1) is 10.6. The predicted molar refractivity (Wildman–Crippen MR) is 75.4 cm³/mol. The van der Waals surface area contributed by atoms with Crippen molar-refractivity contribution in [3.63, 3.8) is 0 Å². The summed E-state index contributed by atoms with van der Waals surface area (Å²) in [6.45, 7) is -0.423. The molecule has 22 heavy (non-hydrogen) atoms. The van der Waals surface area contributed by atoms with Gasteiger partial charge in [0, 0.05) is 7.05 Å². The molecule has 0 radical (unpaired) electrons. The van der Waals surface area contributed by atoms with Crippen LogP contribution < -0.4 is 16.6 Å². The quantitative estimate of drug-likeness (QED) is 0.334. The fourth-order valence-corrected chi connectivity index (χ4v) is 2.46. The first-order valence-electron chi connectivity index (χ1n) is 6.62. The Hall–Kier alpha value is -2.05. The Morgan fingerprint density at radius 3 is 2.77 bits per heavy atom. The maximum atomic E-state index is 10.2. The summed E-state index contributed by atoms with van der Waals surface area (Å²) >= 11 is 0. The molecule has 120 valence electrons. The van der Waals surface area contributed by atoms with Gasteiger partial charge in [0.1, 0.15) is 24.6 Å². The second kappa shape index (κ2) is 5.62. The lowest BCUT2D eigenvalue weighted by Crippen LogP contribution is -2.33. The van der Waals surface area contributed by atoms with E-state index in [1.807, 2.05) is 0 Å². The van der Waals surface area contributed by atoms with Crippen LogP contribution >= 0.6 is 0 Å². The number of nitrogen functional groups attached to an aromatic ring is 1. The third-order valence-corrected chi connectivity index (χ3v) is 3.51. The second-order valence-electron chi connectivity index (χ2n) is 4.84. The van der Waals surface area contributed by atoms with Crippen LogP contribution in [0.3, 0.4) is 0 Å². The lowest BCUT2D eigenvalue weighted by Gasteiger charge is -2.19. The Balaban J connectivity index is 2.13. The zero-order valence-electron chi connectivity index (χ0n) is 11.7. The molecule has 3 rings (SSSR count). The number of nitrogens with zero attached hydrogens (tertiary/aromatic N) is 4. The van der Waals surface area contributed by atoms with Crippen LogP contribution in [0.25, 0.3) is 11.2 Å². The summed E-state index contributed by atoms with van der Waals surface area (Å²) in [6.07, 6.45) is -3.11. The van der Waals surface area contributed by atoms with Crippen molar-refractivity contribution in [2.75, 3.05) is 24.8 Å². The molecule has 11 nitrogen and oxygen atoms in total. The molecule has 1 saturated heterocycles. The molecular weight excluding hydrogens is 294 g/mol. The molecule has 0 aliphatic carbocycles. The summed E-state index contributed by atoms with van der Waals surface area (Å²) in [5, 5.41) is 29.3. The van der Waals surface area contributed by atoms with E-state index in [0.29, 0.717) is 11.2 Å². The normalized spacial score (nSPS) is 28.4. The van der Waals surface area contributed by atoms with Crippen molar-refractivity contribution in [2.45, 2.75) is 24.5 Å². The van der Waals surface area contributed by atoms with E-state index in [1.54, 1.807) is 7.05 Å². The standard InChI is InChI=1S/C11H17N7O4/c1-13-17-11-16-5-8(12)14-3-15-9(5)18(11)10-7(21)6(20)4(2-19)22-10/h3-4,6-7,10,13,19-21H,2H2,1H3,(H,16,17)(H2,12,14,15). The van der Waals surface area contributed by atoms with Gasteiger partial charge >= 0.3 is 0 Å². The van der Waals surface area contributed by atoms with Crippen LogP contribution in [0.2, 0.25) is 0 Å². The van der Waals surface area contributed by atoms with E-state index in [0.717, 1.165) is 0 Å². The number of nitrogens with two attached hydrogens (primary N) is 1. The van der Waals surface area contributed by atoms with Gasteiger partial charge in [0.25, 0.3) is 0 Å². The largest absolute Gasteiger partial charge is 0.394 e. The van der Waals surface area contributed by atoms with Crippen molar-refractivity contribution in [3.05, 3.63) is 6.33 Å². The number of imidazole rings is 1. The van der Waals surface area contributed by atoms with Crippen molar-refractivity contribution < 1.29 is 20.1 Å². The van der Waals surface area contributed by atoms with Crippen molar-refractivity contribution in [2.24, 2.45) is 0 Å². The first kappa shape index (κ1) is 14.9. The van der Waals surface area contributed by atoms with E-state index in [4.69, 9.17) is 10.5 Å². The number of ether oxygens (including phenoxy) is 1. The van der Waals surface area contributed by atoms with Crippen LogP contribution in [0, 0.1) is 0 Å². The van der Waals surface area contributed by atoms with Gasteiger partial charge < -0.3 is 25.8 Å². The zero-order chi connectivity index (χ0) is 15.9. The first-order valence-corrected chi connectivity index (χ1v) is 6.62. The van der Waals surface area contributed by atoms with Crippen LogP contribution in [0.4, 0.5) is 11.8 Å². The molecule has 1 aliphatic heterocycles. The molecule has 0 amide bonds. The van der Waals surface area contributed by atoms with E-state index in [9.17, 15) is 15.3 Å². The highest BCUT2D eigenvalue weighted by atomic mass is 16.6. The van der Waals surface area contributed by atoms with Gasteiger partial charge in [-0.05, 0) is 0 Å². The van der Waals surface area contributed by atoms with E-state index in [2.05, 4.69) is 25.8 Å². The minimum absolute atomic E-state index is 0.176. The molecule has 0 bridgehead atoms. The van der Waals surface area contributed by atoms with E-state index in [-0.39, 0.29) is 11.8 Å². The van der Waals surface area contributed by atoms with Crippen molar-refractivity contribution >= 4 is 22.9 Å². The summed E-state index contributed by atoms with van der Waals surface area (Å²) in [5.41, 5.74) is 11.9. The molecule has 1 aliphatic rings. The van der Waals surface area contributed by atoms with Gasteiger partial charge in [0.05, 0.1) is 6.61 Å². The number of hydrogen-bond donors (Lipinski definition) is 6. The Morgan fingerprint density at radius 1 is 1.36 bits per heavy atom. The minimum atomic E-state index is -1.26. The fourth-order valence-electron chi connectivity index (χ4n) is 2.46. The third kappa shape index (κ3) is 2.15. The molecule has 7 N–H and O–H groups in total. The molecule has 11 heteroatoms. The Labute approximate surface area is 124 Å². The number of anilines is 2. The number of aliphatic hydroxyl groups is 3. The highest BCUT2D eigenvalue weighted by Crippen LogP contribution is 2.34. The monoisotopic (exact) mass is 311 g/mol. The number of rotatable bonds is 4. The molecular formula is C11H17N7O4. The highest BCUT2D eigenvalue weighted by Gasteiger charge is 2.45. The van der Waals surface area contributed by atoms with E-state index < -0.39 is 31.1 Å². The lowest BCUT2D eigenvalue weighted by molar-refractivity contribution is -0.0502. The molecule has 0 aromatic carbocycles. The second-order valence-corrected chi connectivity index (χ2v) is 4.84. The summed E-state index contributed by atoms with van der Waals surface area (Å²) < 4.78 is 6.97. The fraction of sp³-hybridized carbons (Fsp3) is 0.545. The van der Waals surface area contributed by atoms with Crippen LogP contribution in [-0.4, -0.2) is 66.8 Å². The predicted octanol–water partition coefficient (Wildman–Crippen LogP) is -2.43. The topological polar surface area (TPSA) is 164 Å². The highest BCUT2D eigenvalue weighted by molar-refractivity contribution is 5.84. The van der Waals surface area contributed by atoms with Gasteiger partial charge in [-0.1, -0.05) is 0 Å². The SMILES string of the molecule is CNNc1nc2c(N)ncnc2n1C1OC(CO)C(O)C1O. The maximum absolute atomic E-state index is 10.2. The van der Waals surface area contributed by atoms with Crippen molar-refractivity contribution in [1.29, 1.82) is 0 Å². The molecule has 1 fully saturated rings. The van der Waals surface area contributed by atoms with Crippen molar-refractivity contribution in [1.82, 2.24) is 24.9 Å². The number of aliphatic hydroxyl groups excluding tert-OH is 3. The Bertz CT molecular complexity index is 678. The molecule has 2 aromatic heterocycles. The number of nitrogens with one attached hydrogen (secondary N) is 2. The van der Waals surface area contributed by atoms with Gasteiger partial charge in [-0.3, -0.25) is 9.99 Å². The summed E-state index contributed by atoms with van der Waals surface area (Å²) in [6, 6.07) is 0. The number of hydrazine groups is 1. The maximum Gasteiger partial charge on any atom is 0.222 e. The smallest absolute Gasteiger partial charge is 0.222 e. The molecule has 0 spiro atoms.